The van der Waals surface area contributed by atoms with Crippen molar-refractivity contribution in [3.8, 4) is 5.75 Å². The van der Waals surface area contributed by atoms with Crippen LogP contribution in [0, 0.1) is 11.8 Å². The number of carbonyl (C=O) groups excluding carboxylic acids is 1. The Hall–Kier alpha value is -1.75. The van der Waals surface area contributed by atoms with Crippen molar-refractivity contribution in [3.05, 3.63) is 24.3 Å². The first kappa shape index (κ1) is 19.0. The van der Waals surface area contributed by atoms with Gasteiger partial charge in [0, 0.05) is 25.6 Å². The molecule has 1 aromatic carbocycles. The van der Waals surface area contributed by atoms with Crippen LogP contribution in [-0.2, 0) is 4.79 Å². The van der Waals surface area contributed by atoms with Crippen molar-refractivity contribution in [2.75, 3.05) is 38.2 Å². The number of nitrogens with zero attached hydrogens (tertiary/aromatic N) is 1. The minimum Gasteiger partial charge on any atom is -0.495 e. The Kier molecular flexibility index (Phi) is 6.78. The maximum Gasteiger partial charge on any atom is 0.220 e. The molecule has 2 saturated heterocycles. The molecule has 5 heteroatoms. The van der Waals surface area contributed by atoms with Crippen LogP contribution < -0.4 is 20.3 Å². The molecule has 26 heavy (non-hydrogen) atoms. The standard InChI is InChI=1S/C21H33N3O2/c1-16(17-6-5-11-22-15-17)14-21(25)23-18-9-12-24(13-10-18)19-7-3-4-8-20(19)26-2/h3-4,7-8,16-18,22H,5-6,9-15H2,1-2H3,(H,23,25). The van der Waals surface area contributed by atoms with E-state index in [1.54, 1.807) is 7.11 Å². The van der Waals surface area contributed by atoms with Gasteiger partial charge in [-0.25, -0.2) is 0 Å². The predicted octanol–water partition coefficient (Wildman–Crippen LogP) is 2.81. The van der Waals surface area contributed by atoms with Crippen molar-refractivity contribution in [3.63, 3.8) is 0 Å². The SMILES string of the molecule is COc1ccccc1N1CCC(NC(=O)CC(C)C2CCCNC2)CC1. The minimum atomic E-state index is 0.221. The van der Waals surface area contributed by atoms with Gasteiger partial charge in [-0.2, -0.15) is 0 Å². The van der Waals surface area contributed by atoms with Gasteiger partial charge in [0.1, 0.15) is 5.75 Å². The quantitative estimate of drug-likeness (QED) is 0.820. The first-order chi connectivity index (χ1) is 12.7. The van der Waals surface area contributed by atoms with Crippen LogP contribution in [0.25, 0.3) is 0 Å². The van der Waals surface area contributed by atoms with Crippen LogP contribution in [0.4, 0.5) is 5.69 Å². The molecule has 3 rings (SSSR count). The van der Waals surface area contributed by atoms with Crippen LogP contribution >= 0.6 is 0 Å². The lowest BCUT2D eigenvalue weighted by Crippen LogP contribution is -2.45. The number of anilines is 1. The first-order valence-electron chi connectivity index (χ1n) is 10.1. The number of piperidine rings is 2. The van der Waals surface area contributed by atoms with Gasteiger partial charge < -0.3 is 20.3 Å². The average Bonchev–Trinajstić information content (AvgIpc) is 2.69. The molecule has 2 aliphatic heterocycles. The van der Waals surface area contributed by atoms with Crippen LogP contribution in [0.1, 0.15) is 39.0 Å². The van der Waals surface area contributed by atoms with Crippen molar-refractivity contribution >= 4 is 11.6 Å². The Bertz CT molecular complexity index is 578. The first-order valence-corrected chi connectivity index (χ1v) is 10.1. The summed E-state index contributed by atoms with van der Waals surface area (Å²) in [5.74, 6) is 2.24. The molecule has 2 N–H and O–H groups in total. The second-order valence-electron chi connectivity index (χ2n) is 7.79. The fourth-order valence-electron chi connectivity index (χ4n) is 4.27. The normalized spacial score (nSPS) is 22.7. The van der Waals surface area contributed by atoms with Gasteiger partial charge >= 0.3 is 0 Å². The van der Waals surface area contributed by atoms with Gasteiger partial charge in [-0.15, -0.1) is 0 Å². The van der Waals surface area contributed by atoms with Gasteiger partial charge in [-0.3, -0.25) is 4.79 Å². The summed E-state index contributed by atoms with van der Waals surface area (Å²) >= 11 is 0. The number of methoxy groups -OCH3 is 1. The van der Waals surface area contributed by atoms with Gasteiger partial charge in [0.25, 0.3) is 0 Å². The summed E-state index contributed by atoms with van der Waals surface area (Å²) in [7, 11) is 1.72. The smallest absolute Gasteiger partial charge is 0.220 e. The van der Waals surface area contributed by atoms with E-state index in [4.69, 9.17) is 4.74 Å². The molecule has 1 aromatic rings. The van der Waals surface area contributed by atoms with Crippen LogP contribution in [0.5, 0.6) is 5.75 Å². The molecule has 0 saturated carbocycles. The van der Waals surface area contributed by atoms with Crippen LogP contribution in [-0.4, -0.2) is 45.2 Å². The fourth-order valence-corrected chi connectivity index (χ4v) is 4.27. The molecule has 2 aliphatic rings. The van der Waals surface area contributed by atoms with Crippen LogP contribution in [0.3, 0.4) is 0 Å². The average molecular weight is 360 g/mol. The molecule has 0 aromatic heterocycles. The number of carbonyl (C=O) groups is 1. The summed E-state index contributed by atoms with van der Waals surface area (Å²) < 4.78 is 5.47. The van der Waals surface area contributed by atoms with Gasteiger partial charge in [-0.1, -0.05) is 19.1 Å². The van der Waals surface area contributed by atoms with E-state index in [0.717, 1.165) is 50.5 Å². The highest BCUT2D eigenvalue weighted by Gasteiger charge is 2.25. The minimum absolute atomic E-state index is 0.221. The lowest BCUT2D eigenvalue weighted by Gasteiger charge is -2.35. The van der Waals surface area contributed by atoms with E-state index in [0.29, 0.717) is 24.3 Å². The summed E-state index contributed by atoms with van der Waals surface area (Å²) in [6.45, 7) is 6.31. The highest BCUT2D eigenvalue weighted by Crippen LogP contribution is 2.30. The van der Waals surface area contributed by atoms with Gasteiger partial charge in [0.2, 0.25) is 5.91 Å². The maximum absolute atomic E-state index is 12.5. The third-order valence-corrected chi connectivity index (χ3v) is 5.93. The van der Waals surface area contributed by atoms with E-state index in [-0.39, 0.29) is 5.91 Å². The van der Waals surface area contributed by atoms with E-state index >= 15 is 0 Å². The van der Waals surface area contributed by atoms with E-state index in [9.17, 15) is 4.79 Å². The lowest BCUT2D eigenvalue weighted by molar-refractivity contribution is -0.123. The van der Waals surface area contributed by atoms with Gasteiger partial charge in [0.15, 0.2) is 0 Å². The number of para-hydroxylation sites is 2. The highest BCUT2D eigenvalue weighted by atomic mass is 16.5. The molecule has 144 valence electrons. The molecule has 0 radical (unpaired) electrons. The second-order valence-corrected chi connectivity index (χ2v) is 7.79. The van der Waals surface area contributed by atoms with E-state index in [1.807, 2.05) is 18.2 Å². The molecule has 5 nitrogen and oxygen atoms in total. The van der Waals surface area contributed by atoms with Crippen LogP contribution in [0.2, 0.25) is 0 Å². The highest BCUT2D eigenvalue weighted by molar-refractivity contribution is 5.76. The topological polar surface area (TPSA) is 53.6 Å². The molecular weight excluding hydrogens is 326 g/mol. The van der Waals surface area contributed by atoms with E-state index in [1.165, 1.54) is 12.8 Å². The molecule has 0 bridgehead atoms. The predicted molar refractivity (Wildman–Crippen MR) is 106 cm³/mol. The summed E-state index contributed by atoms with van der Waals surface area (Å²) in [5, 5.41) is 6.72. The summed E-state index contributed by atoms with van der Waals surface area (Å²) in [6.07, 6.45) is 5.11. The van der Waals surface area contributed by atoms with Crippen LogP contribution in [0.15, 0.2) is 24.3 Å². The number of hydrogen-bond acceptors (Lipinski definition) is 4. The summed E-state index contributed by atoms with van der Waals surface area (Å²) in [4.78, 5) is 14.8. The molecule has 2 fully saturated rings. The Labute approximate surface area is 157 Å². The number of rotatable bonds is 6. The van der Waals surface area contributed by atoms with Crippen molar-refractivity contribution in [1.82, 2.24) is 10.6 Å². The molecule has 0 aliphatic carbocycles. The monoisotopic (exact) mass is 359 g/mol. The zero-order valence-electron chi connectivity index (χ0n) is 16.2. The number of benzene rings is 1. The Balaban J connectivity index is 1.44. The van der Waals surface area contributed by atoms with Crippen molar-refractivity contribution in [1.29, 1.82) is 0 Å². The van der Waals surface area contributed by atoms with Gasteiger partial charge in [-0.05, 0) is 62.7 Å². The fraction of sp³-hybridized carbons (Fsp3) is 0.667. The zero-order chi connectivity index (χ0) is 18.4. The Morgan fingerprint density at radius 2 is 2.08 bits per heavy atom. The zero-order valence-corrected chi connectivity index (χ0v) is 16.2. The lowest BCUT2D eigenvalue weighted by atomic mass is 9.85. The van der Waals surface area contributed by atoms with Crippen molar-refractivity contribution < 1.29 is 9.53 Å². The molecule has 2 atom stereocenters. The number of nitrogens with one attached hydrogen (secondary N) is 2. The number of ether oxygens (including phenoxy) is 1. The van der Waals surface area contributed by atoms with Crippen molar-refractivity contribution in [2.24, 2.45) is 11.8 Å². The Morgan fingerprint density at radius 1 is 1.31 bits per heavy atom. The number of amides is 1. The van der Waals surface area contributed by atoms with E-state index < -0.39 is 0 Å². The molecule has 2 unspecified atom stereocenters. The van der Waals surface area contributed by atoms with Crippen molar-refractivity contribution in [2.45, 2.75) is 45.1 Å². The third kappa shape index (κ3) is 4.91. The summed E-state index contributed by atoms with van der Waals surface area (Å²) in [6, 6.07) is 8.46. The molecular formula is C21H33N3O2. The largest absolute Gasteiger partial charge is 0.495 e. The maximum atomic E-state index is 12.5. The number of hydrogen-bond donors (Lipinski definition) is 2. The summed E-state index contributed by atoms with van der Waals surface area (Å²) in [5.41, 5.74) is 1.15. The second kappa shape index (κ2) is 9.26. The third-order valence-electron chi connectivity index (χ3n) is 5.93. The molecule has 0 spiro atoms. The Morgan fingerprint density at radius 3 is 2.77 bits per heavy atom. The molecule has 2 heterocycles. The molecule has 1 amide bonds. The van der Waals surface area contributed by atoms with Gasteiger partial charge in [0.05, 0.1) is 12.8 Å². The van der Waals surface area contributed by atoms with E-state index in [2.05, 4.69) is 28.5 Å².